The molecule has 8 heteroatoms. The lowest BCUT2D eigenvalue weighted by molar-refractivity contribution is -0.385. The molecule has 19 heavy (non-hydrogen) atoms. The van der Waals surface area contributed by atoms with Crippen molar-refractivity contribution in [1.82, 2.24) is 5.32 Å². The number of nitrogens with zero attached hydrogens (tertiary/aromatic N) is 1. The SMILES string of the molecule is O=[N+]([O-])c1ccccc1/C=C(/NCCO)C(F)(F)F. The molecular weight excluding hydrogens is 265 g/mol. The number of aliphatic hydroxyl groups is 1. The third-order valence-electron chi connectivity index (χ3n) is 2.17. The number of nitro benzene ring substituents is 1. The summed E-state index contributed by atoms with van der Waals surface area (Å²) in [6, 6.07) is 5.10. The number of para-hydroxylation sites is 1. The van der Waals surface area contributed by atoms with Crippen LogP contribution in [0.5, 0.6) is 0 Å². The molecule has 0 radical (unpaired) electrons. The molecule has 0 aliphatic rings. The first kappa shape index (κ1) is 15.0. The molecule has 104 valence electrons. The summed E-state index contributed by atoms with van der Waals surface area (Å²) in [7, 11) is 0. The van der Waals surface area contributed by atoms with E-state index in [1.54, 1.807) is 0 Å². The molecular formula is C11H11F3N2O3. The van der Waals surface area contributed by atoms with Crippen LogP contribution in [0.15, 0.2) is 30.0 Å². The van der Waals surface area contributed by atoms with Gasteiger partial charge in [0.05, 0.1) is 17.1 Å². The van der Waals surface area contributed by atoms with Crippen molar-refractivity contribution in [2.24, 2.45) is 0 Å². The molecule has 2 N–H and O–H groups in total. The van der Waals surface area contributed by atoms with Gasteiger partial charge in [0.2, 0.25) is 0 Å². The maximum atomic E-state index is 12.7. The van der Waals surface area contributed by atoms with Gasteiger partial charge in [-0.05, 0) is 12.1 Å². The summed E-state index contributed by atoms with van der Waals surface area (Å²) in [5, 5.41) is 21.2. The summed E-state index contributed by atoms with van der Waals surface area (Å²) in [5.41, 5.74) is -1.73. The normalized spacial score (nSPS) is 12.3. The minimum Gasteiger partial charge on any atom is -0.395 e. The van der Waals surface area contributed by atoms with Crippen LogP contribution in [0, 0.1) is 10.1 Å². The van der Waals surface area contributed by atoms with E-state index in [4.69, 9.17) is 5.11 Å². The van der Waals surface area contributed by atoms with E-state index in [0.29, 0.717) is 6.08 Å². The van der Waals surface area contributed by atoms with E-state index in [0.717, 1.165) is 6.07 Å². The zero-order valence-electron chi connectivity index (χ0n) is 9.65. The molecule has 1 aromatic rings. The second-order valence-electron chi connectivity index (χ2n) is 3.52. The molecule has 0 bridgehead atoms. The molecule has 0 aliphatic carbocycles. The highest BCUT2D eigenvalue weighted by Crippen LogP contribution is 2.28. The molecule has 0 amide bonds. The number of allylic oxidation sites excluding steroid dienone is 1. The van der Waals surface area contributed by atoms with E-state index >= 15 is 0 Å². The fourth-order valence-corrected chi connectivity index (χ4v) is 1.36. The average molecular weight is 276 g/mol. The third kappa shape index (κ3) is 4.25. The summed E-state index contributed by atoms with van der Waals surface area (Å²) in [6.07, 6.45) is -4.04. The molecule has 0 heterocycles. The summed E-state index contributed by atoms with van der Waals surface area (Å²) >= 11 is 0. The van der Waals surface area contributed by atoms with Gasteiger partial charge in [-0.1, -0.05) is 12.1 Å². The first-order valence-electron chi connectivity index (χ1n) is 5.23. The maximum Gasteiger partial charge on any atom is 0.430 e. The number of halogens is 3. The Balaban J connectivity index is 3.18. The average Bonchev–Trinajstić information content (AvgIpc) is 2.33. The van der Waals surface area contributed by atoms with Gasteiger partial charge in [-0.15, -0.1) is 0 Å². The second kappa shape index (κ2) is 6.19. The highest BCUT2D eigenvalue weighted by atomic mass is 19.4. The molecule has 0 unspecified atom stereocenters. The van der Waals surface area contributed by atoms with Gasteiger partial charge < -0.3 is 10.4 Å². The van der Waals surface area contributed by atoms with Gasteiger partial charge in [0.25, 0.3) is 5.69 Å². The van der Waals surface area contributed by atoms with E-state index in [1.807, 2.05) is 5.32 Å². The van der Waals surface area contributed by atoms with Gasteiger partial charge in [-0.3, -0.25) is 10.1 Å². The van der Waals surface area contributed by atoms with Crippen LogP contribution >= 0.6 is 0 Å². The van der Waals surface area contributed by atoms with Crippen molar-refractivity contribution in [3.05, 3.63) is 45.6 Å². The number of hydrogen-bond donors (Lipinski definition) is 2. The molecule has 5 nitrogen and oxygen atoms in total. The van der Waals surface area contributed by atoms with Crippen LogP contribution in [0.1, 0.15) is 5.56 Å². The Morgan fingerprint density at radius 1 is 1.42 bits per heavy atom. The Bertz CT molecular complexity index is 486. The monoisotopic (exact) mass is 276 g/mol. The third-order valence-corrected chi connectivity index (χ3v) is 2.17. The fourth-order valence-electron chi connectivity index (χ4n) is 1.36. The first-order chi connectivity index (χ1) is 8.86. The molecule has 0 aliphatic heterocycles. The molecule has 0 aromatic heterocycles. The van der Waals surface area contributed by atoms with Crippen LogP contribution in [0.3, 0.4) is 0 Å². The van der Waals surface area contributed by atoms with Crippen molar-refractivity contribution < 1.29 is 23.2 Å². The van der Waals surface area contributed by atoms with Crippen molar-refractivity contribution >= 4 is 11.8 Å². The zero-order valence-corrected chi connectivity index (χ0v) is 9.65. The predicted octanol–water partition coefficient (Wildman–Crippen LogP) is 2.08. The lowest BCUT2D eigenvalue weighted by atomic mass is 10.1. The van der Waals surface area contributed by atoms with E-state index in [2.05, 4.69) is 0 Å². The predicted molar refractivity (Wildman–Crippen MR) is 62.2 cm³/mol. The van der Waals surface area contributed by atoms with Gasteiger partial charge >= 0.3 is 6.18 Å². The molecule has 0 fully saturated rings. The minimum absolute atomic E-state index is 0.162. The van der Waals surface area contributed by atoms with E-state index < -0.39 is 29.1 Å². The second-order valence-corrected chi connectivity index (χ2v) is 3.52. The molecule has 0 saturated carbocycles. The minimum atomic E-state index is -4.68. The van der Waals surface area contributed by atoms with Crippen molar-refractivity contribution in [1.29, 1.82) is 0 Å². The smallest absolute Gasteiger partial charge is 0.395 e. The molecule has 1 rings (SSSR count). The standard InChI is InChI=1S/C11H11F3N2O3/c12-11(13,14)10(15-5-6-17)7-8-3-1-2-4-9(8)16(18)19/h1-4,7,15,17H,5-6H2/b10-7+. The largest absolute Gasteiger partial charge is 0.430 e. The number of nitrogens with one attached hydrogen (secondary N) is 1. The Morgan fingerprint density at radius 2 is 2.05 bits per heavy atom. The quantitative estimate of drug-likeness (QED) is 0.637. The number of alkyl halides is 3. The number of aliphatic hydroxyl groups excluding tert-OH is 1. The van der Waals surface area contributed by atoms with Gasteiger partial charge in [0, 0.05) is 12.6 Å². The zero-order chi connectivity index (χ0) is 14.5. The first-order valence-corrected chi connectivity index (χ1v) is 5.23. The van der Waals surface area contributed by atoms with Gasteiger partial charge in [0.1, 0.15) is 5.70 Å². The van der Waals surface area contributed by atoms with Crippen LogP contribution in [0.25, 0.3) is 6.08 Å². The fraction of sp³-hybridized carbons (Fsp3) is 0.273. The Labute approximate surface area is 106 Å². The number of benzene rings is 1. The topological polar surface area (TPSA) is 75.4 Å². The lowest BCUT2D eigenvalue weighted by Crippen LogP contribution is -2.28. The van der Waals surface area contributed by atoms with Crippen LogP contribution in [0.4, 0.5) is 18.9 Å². The summed E-state index contributed by atoms with van der Waals surface area (Å²) in [6.45, 7) is -0.781. The number of nitro groups is 1. The molecule has 0 saturated heterocycles. The Hall–Kier alpha value is -2.09. The maximum absolute atomic E-state index is 12.7. The number of hydrogen-bond acceptors (Lipinski definition) is 4. The highest BCUT2D eigenvalue weighted by Gasteiger charge is 2.34. The van der Waals surface area contributed by atoms with Crippen LogP contribution in [-0.4, -0.2) is 29.4 Å². The van der Waals surface area contributed by atoms with E-state index in [1.165, 1.54) is 18.2 Å². The summed E-state index contributed by atoms with van der Waals surface area (Å²) < 4.78 is 38.0. The van der Waals surface area contributed by atoms with Crippen LogP contribution in [-0.2, 0) is 0 Å². The van der Waals surface area contributed by atoms with Gasteiger partial charge in [0.15, 0.2) is 0 Å². The van der Waals surface area contributed by atoms with Crippen molar-refractivity contribution in [3.63, 3.8) is 0 Å². The number of rotatable bonds is 5. The summed E-state index contributed by atoms with van der Waals surface area (Å²) in [5.74, 6) is 0. The van der Waals surface area contributed by atoms with Crippen molar-refractivity contribution in [2.75, 3.05) is 13.2 Å². The van der Waals surface area contributed by atoms with Crippen LogP contribution in [0.2, 0.25) is 0 Å². The van der Waals surface area contributed by atoms with Gasteiger partial charge in [-0.2, -0.15) is 13.2 Å². The summed E-state index contributed by atoms with van der Waals surface area (Å²) in [4.78, 5) is 9.94. The van der Waals surface area contributed by atoms with Crippen molar-refractivity contribution in [2.45, 2.75) is 6.18 Å². The Morgan fingerprint density at radius 3 is 2.58 bits per heavy atom. The van der Waals surface area contributed by atoms with E-state index in [-0.39, 0.29) is 12.1 Å². The lowest BCUT2D eigenvalue weighted by Gasteiger charge is -2.13. The highest BCUT2D eigenvalue weighted by molar-refractivity contribution is 5.63. The van der Waals surface area contributed by atoms with Crippen molar-refractivity contribution in [3.8, 4) is 0 Å². The molecule has 0 spiro atoms. The van der Waals surface area contributed by atoms with Gasteiger partial charge in [-0.25, -0.2) is 0 Å². The Kier molecular flexibility index (Phi) is 4.87. The van der Waals surface area contributed by atoms with Crippen LogP contribution < -0.4 is 5.32 Å². The molecule has 0 atom stereocenters. The molecule has 1 aromatic carbocycles. The van der Waals surface area contributed by atoms with E-state index in [9.17, 15) is 23.3 Å².